The van der Waals surface area contributed by atoms with Crippen LogP contribution in [-0.4, -0.2) is 39.2 Å². The van der Waals surface area contributed by atoms with Gasteiger partial charge in [-0.25, -0.2) is 0 Å². The topological polar surface area (TPSA) is 24.5 Å². The summed E-state index contributed by atoms with van der Waals surface area (Å²) in [6.07, 6.45) is 0. The van der Waals surface area contributed by atoms with Gasteiger partial charge in [0.2, 0.25) is 0 Å². The van der Waals surface area contributed by atoms with Crippen LogP contribution in [0.1, 0.15) is 32.4 Å². The molecule has 1 atom stereocenters. The van der Waals surface area contributed by atoms with Gasteiger partial charge in [0.25, 0.3) is 0 Å². The maximum absolute atomic E-state index is 5.20. The number of hydrogen-bond donors (Lipinski definition) is 1. The standard InChI is InChI=1S/C16H28N2O/c1-16(2,3)12-18(5)11-15(17-4)13-7-9-14(19-6)10-8-13/h7-10,15,17H,11-12H2,1-6H3. The molecular weight excluding hydrogens is 236 g/mol. The van der Waals surface area contributed by atoms with Gasteiger partial charge in [0.05, 0.1) is 7.11 Å². The van der Waals surface area contributed by atoms with Crippen LogP contribution < -0.4 is 10.1 Å². The first-order chi connectivity index (χ1) is 8.85. The smallest absolute Gasteiger partial charge is 0.118 e. The minimum Gasteiger partial charge on any atom is -0.497 e. The molecule has 3 heteroatoms. The lowest BCUT2D eigenvalue weighted by Crippen LogP contribution is -2.36. The van der Waals surface area contributed by atoms with Crippen molar-refractivity contribution < 1.29 is 4.74 Å². The first kappa shape index (κ1) is 16.0. The number of ether oxygens (including phenoxy) is 1. The SMILES string of the molecule is CNC(CN(C)CC(C)(C)C)c1ccc(OC)cc1. The number of rotatable bonds is 6. The summed E-state index contributed by atoms with van der Waals surface area (Å²) in [5, 5.41) is 3.39. The molecule has 0 fully saturated rings. The summed E-state index contributed by atoms with van der Waals surface area (Å²) in [6, 6.07) is 8.64. The molecule has 0 bridgehead atoms. The van der Waals surface area contributed by atoms with Crippen LogP contribution in [-0.2, 0) is 0 Å². The van der Waals surface area contributed by atoms with Crippen LogP contribution in [0, 0.1) is 5.41 Å². The minimum absolute atomic E-state index is 0.326. The minimum atomic E-state index is 0.326. The predicted molar refractivity (Wildman–Crippen MR) is 81.7 cm³/mol. The van der Waals surface area contributed by atoms with Crippen molar-refractivity contribution in [3.63, 3.8) is 0 Å². The molecule has 0 aromatic heterocycles. The van der Waals surface area contributed by atoms with Gasteiger partial charge in [0, 0.05) is 19.1 Å². The van der Waals surface area contributed by atoms with Gasteiger partial charge in [-0.2, -0.15) is 0 Å². The third kappa shape index (κ3) is 5.62. The maximum Gasteiger partial charge on any atom is 0.118 e. The highest BCUT2D eigenvalue weighted by Crippen LogP contribution is 2.20. The molecule has 1 rings (SSSR count). The molecule has 0 heterocycles. The molecule has 0 radical (unpaired) electrons. The third-order valence-electron chi connectivity index (χ3n) is 3.11. The third-order valence-corrected chi connectivity index (χ3v) is 3.11. The van der Waals surface area contributed by atoms with Crippen molar-refractivity contribution in [3.8, 4) is 5.75 Å². The Bertz CT molecular complexity index is 367. The summed E-state index contributed by atoms with van der Waals surface area (Å²) in [7, 11) is 5.89. The Kier molecular flexibility index (Phi) is 5.83. The molecular formula is C16H28N2O. The van der Waals surface area contributed by atoms with E-state index in [1.54, 1.807) is 7.11 Å². The van der Waals surface area contributed by atoms with Crippen molar-refractivity contribution in [2.24, 2.45) is 5.41 Å². The largest absolute Gasteiger partial charge is 0.497 e. The number of benzene rings is 1. The second kappa shape index (κ2) is 6.92. The summed E-state index contributed by atoms with van der Waals surface area (Å²) in [5.74, 6) is 0.904. The quantitative estimate of drug-likeness (QED) is 0.855. The monoisotopic (exact) mass is 264 g/mol. The van der Waals surface area contributed by atoms with Crippen LogP contribution in [0.5, 0.6) is 5.75 Å². The van der Waals surface area contributed by atoms with Gasteiger partial charge < -0.3 is 15.0 Å². The maximum atomic E-state index is 5.20. The number of likely N-dealkylation sites (N-methyl/N-ethyl adjacent to an activating group) is 2. The summed E-state index contributed by atoms with van der Waals surface area (Å²) in [5.41, 5.74) is 1.62. The zero-order chi connectivity index (χ0) is 14.5. The van der Waals surface area contributed by atoms with E-state index >= 15 is 0 Å². The molecule has 19 heavy (non-hydrogen) atoms. The Morgan fingerprint density at radius 2 is 1.79 bits per heavy atom. The van der Waals surface area contributed by atoms with E-state index in [1.165, 1.54) is 5.56 Å². The van der Waals surface area contributed by atoms with Crippen LogP contribution in [0.3, 0.4) is 0 Å². The number of nitrogens with one attached hydrogen (secondary N) is 1. The van der Waals surface area contributed by atoms with Crippen molar-refractivity contribution in [3.05, 3.63) is 29.8 Å². The van der Waals surface area contributed by atoms with Crippen molar-refractivity contribution in [2.45, 2.75) is 26.8 Å². The number of hydrogen-bond acceptors (Lipinski definition) is 3. The normalized spacial score (nSPS) is 13.6. The van der Waals surface area contributed by atoms with Crippen LogP contribution in [0.15, 0.2) is 24.3 Å². The average Bonchev–Trinajstić information content (AvgIpc) is 2.34. The van der Waals surface area contributed by atoms with Crippen molar-refractivity contribution in [2.75, 3.05) is 34.3 Å². The van der Waals surface area contributed by atoms with Gasteiger partial charge in [-0.1, -0.05) is 32.9 Å². The molecule has 0 saturated heterocycles. The molecule has 1 aromatic carbocycles. The van der Waals surface area contributed by atoms with Crippen LogP contribution in [0.4, 0.5) is 0 Å². The molecule has 1 N–H and O–H groups in total. The van der Waals surface area contributed by atoms with Gasteiger partial charge >= 0.3 is 0 Å². The molecule has 108 valence electrons. The highest BCUT2D eigenvalue weighted by molar-refractivity contribution is 5.29. The van der Waals surface area contributed by atoms with Crippen molar-refractivity contribution in [1.82, 2.24) is 10.2 Å². The summed E-state index contributed by atoms with van der Waals surface area (Å²) in [6.45, 7) is 8.89. The zero-order valence-corrected chi connectivity index (χ0v) is 13.2. The summed E-state index contributed by atoms with van der Waals surface area (Å²) in [4.78, 5) is 2.38. The van der Waals surface area contributed by atoms with Crippen LogP contribution in [0.25, 0.3) is 0 Å². The van der Waals surface area contributed by atoms with Gasteiger partial charge in [-0.05, 0) is 37.2 Å². The predicted octanol–water partition coefficient (Wildman–Crippen LogP) is 2.93. The summed E-state index contributed by atoms with van der Waals surface area (Å²) >= 11 is 0. The first-order valence-electron chi connectivity index (χ1n) is 6.85. The van der Waals surface area contributed by atoms with Gasteiger partial charge in [0.15, 0.2) is 0 Å². The zero-order valence-electron chi connectivity index (χ0n) is 13.2. The van der Waals surface area contributed by atoms with E-state index in [0.717, 1.165) is 18.8 Å². The van der Waals surface area contributed by atoms with Crippen molar-refractivity contribution in [1.29, 1.82) is 0 Å². The van der Waals surface area contributed by atoms with E-state index in [9.17, 15) is 0 Å². The molecule has 1 unspecified atom stereocenters. The molecule has 1 aromatic rings. The number of nitrogens with zero attached hydrogens (tertiary/aromatic N) is 1. The fraction of sp³-hybridized carbons (Fsp3) is 0.625. The second-order valence-electron chi connectivity index (χ2n) is 6.37. The average molecular weight is 264 g/mol. The van der Waals surface area contributed by atoms with Crippen molar-refractivity contribution >= 4 is 0 Å². The molecule has 3 nitrogen and oxygen atoms in total. The Labute approximate surface area is 118 Å². The lowest BCUT2D eigenvalue weighted by atomic mass is 9.96. The Hall–Kier alpha value is -1.06. The van der Waals surface area contributed by atoms with Gasteiger partial charge in [-0.3, -0.25) is 0 Å². The Balaban J connectivity index is 2.66. The first-order valence-corrected chi connectivity index (χ1v) is 6.85. The van der Waals surface area contributed by atoms with E-state index < -0.39 is 0 Å². The Morgan fingerprint density at radius 3 is 2.21 bits per heavy atom. The van der Waals surface area contributed by atoms with E-state index in [2.05, 4.69) is 50.2 Å². The molecule has 0 aliphatic carbocycles. The van der Waals surface area contributed by atoms with E-state index in [0.29, 0.717) is 11.5 Å². The lowest BCUT2D eigenvalue weighted by Gasteiger charge is -2.30. The fourth-order valence-corrected chi connectivity index (χ4v) is 2.39. The van der Waals surface area contributed by atoms with Crippen LogP contribution >= 0.6 is 0 Å². The second-order valence-corrected chi connectivity index (χ2v) is 6.37. The summed E-state index contributed by atoms with van der Waals surface area (Å²) < 4.78 is 5.20. The van der Waals surface area contributed by atoms with E-state index in [-0.39, 0.29) is 0 Å². The lowest BCUT2D eigenvalue weighted by molar-refractivity contribution is 0.210. The highest BCUT2D eigenvalue weighted by atomic mass is 16.5. The van der Waals surface area contributed by atoms with Crippen LogP contribution in [0.2, 0.25) is 0 Å². The molecule has 0 spiro atoms. The molecule has 0 aliphatic rings. The highest BCUT2D eigenvalue weighted by Gasteiger charge is 2.17. The van der Waals surface area contributed by atoms with Gasteiger partial charge in [-0.15, -0.1) is 0 Å². The van der Waals surface area contributed by atoms with E-state index in [4.69, 9.17) is 4.74 Å². The fourth-order valence-electron chi connectivity index (χ4n) is 2.39. The molecule has 0 amide bonds. The van der Waals surface area contributed by atoms with Gasteiger partial charge in [0.1, 0.15) is 5.75 Å². The molecule has 0 aliphatic heterocycles. The van der Waals surface area contributed by atoms with E-state index in [1.807, 2.05) is 19.2 Å². The Morgan fingerprint density at radius 1 is 1.21 bits per heavy atom. The molecule has 0 saturated carbocycles. The number of methoxy groups -OCH3 is 1.